The molecule has 0 heterocycles. The number of hydrogen-bond donors (Lipinski definition) is 1. The van der Waals surface area contributed by atoms with E-state index < -0.39 is 0 Å². The van der Waals surface area contributed by atoms with Gasteiger partial charge in [0.25, 0.3) is 0 Å². The lowest BCUT2D eigenvalue weighted by Gasteiger charge is -2.24. The zero-order valence-corrected chi connectivity index (χ0v) is 15.4. The Bertz CT molecular complexity index is 741. The molecular weight excluding hydrogens is 312 g/mol. The van der Waals surface area contributed by atoms with Crippen LogP contribution >= 0.6 is 0 Å². The second kappa shape index (κ2) is 8.47. The molecule has 25 heavy (non-hydrogen) atoms. The summed E-state index contributed by atoms with van der Waals surface area (Å²) in [6.07, 6.45) is 0.268. The van der Waals surface area contributed by atoms with Gasteiger partial charge in [0.15, 0.2) is 0 Å². The number of aryl methyl sites for hydroxylation is 2. The summed E-state index contributed by atoms with van der Waals surface area (Å²) >= 11 is 0. The average molecular weight is 338 g/mol. The van der Waals surface area contributed by atoms with Crippen molar-refractivity contribution in [2.24, 2.45) is 0 Å². The first-order valence-electron chi connectivity index (χ1n) is 8.58. The summed E-state index contributed by atoms with van der Waals surface area (Å²) < 4.78 is 0. The number of anilines is 1. The van der Waals surface area contributed by atoms with Crippen LogP contribution in [0.15, 0.2) is 48.5 Å². The number of carbonyl (C=O) groups is 2. The topological polar surface area (TPSA) is 49.4 Å². The van der Waals surface area contributed by atoms with Crippen LogP contribution in [0.5, 0.6) is 0 Å². The van der Waals surface area contributed by atoms with E-state index in [2.05, 4.69) is 5.32 Å². The molecule has 2 amide bonds. The molecule has 0 radical (unpaired) electrons. The van der Waals surface area contributed by atoms with Gasteiger partial charge < -0.3 is 10.2 Å². The molecular formula is C21H26N2O2. The molecule has 0 bridgehead atoms. The van der Waals surface area contributed by atoms with E-state index >= 15 is 0 Å². The predicted octanol–water partition coefficient (Wildman–Crippen LogP) is 3.92. The highest BCUT2D eigenvalue weighted by Gasteiger charge is 2.16. The molecule has 132 valence electrons. The van der Waals surface area contributed by atoms with Crippen LogP contribution in [0.2, 0.25) is 0 Å². The van der Waals surface area contributed by atoms with Crippen LogP contribution < -0.4 is 10.2 Å². The Morgan fingerprint density at radius 1 is 1.08 bits per heavy atom. The van der Waals surface area contributed by atoms with Crippen LogP contribution in [-0.4, -0.2) is 18.4 Å². The molecule has 1 atom stereocenters. The maximum atomic E-state index is 12.3. The third-order valence-electron chi connectivity index (χ3n) is 4.28. The van der Waals surface area contributed by atoms with E-state index in [9.17, 15) is 9.59 Å². The minimum atomic E-state index is -0.0621. The van der Waals surface area contributed by atoms with Crippen LogP contribution in [0.1, 0.15) is 43.0 Å². The van der Waals surface area contributed by atoms with Crippen molar-refractivity contribution >= 4 is 17.5 Å². The van der Waals surface area contributed by atoms with Crippen molar-refractivity contribution in [3.8, 4) is 0 Å². The van der Waals surface area contributed by atoms with Crippen molar-refractivity contribution in [2.45, 2.75) is 40.2 Å². The summed E-state index contributed by atoms with van der Waals surface area (Å²) in [6, 6.07) is 15.8. The summed E-state index contributed by atoms with van der Waals surface area (Å²) in [5.74, 6) is -0.120. The maximum Gasteiger partial charge on any atom is 0.223 e. The Labute approximate surface area is 149 Å². The number of amides is 2. The molecule has 1 unspecified atom stereocenters. The molecule has 0 fully saturated rings. The predicted molar refractivity (Wildman–Crippen MR) is 102 cm³/mol. The van der Waals surface area contributed by atoms with Gasteiger partial charge in [-0.05, 0) is 43.5 Å². The summed E-state index contributed by atoms with van der Waals surface area (Å²) in [5, 5.41) is 2.99. The minimum absolute atomic E-state index is 0.0554. The summed E-state index contributed by atoms with van der Waals surface area (Å²) in [4.78, 5) is 26.0. The van der Waals surface area contributed by atoms with Gasteiger partial charge in [-0.25, -0.2) is 0 Å². The monoisotopic (exact) mass is 338 g/mol. The molecule has 0 saturated carbocycles. The molecule has 4 heteroatoms. The van der Waals surface area contributed by atoms with E-state index in [1.165, 1.54) is 6.92 Å². The first kappa shape index (κ1) is 18.7. The highest BCUT2D eigenvalue weighted by Crippen LogP contribution is 2.22. The molecule has 0 saturated heterocycles. The van der Waals surface area contributed by atoms with E-state index in [0.29, 0.717) is 6.54 Å². The molecule has 0 aliphatic rings. The number of nitrogens with one attached hydrogen (secondary N) is 1. The number of benzene rings is 2. The van der Waals surface area contributed by atoms with Gasteiger partial charge in [-0.2, -0.15) is 0 Å². The fraction of sp³-hybridized carbons (Fsp3) is 0.333. The Morgan fingerprint density at radius 3 is 2.40 bits per heavy atom. The van der Waals surface area contributed by atoms with E-state index in [1.54, 1.807) is 4.90 Å². The van der Waals surface area contributed by atoms with Gasteiger partial charge in [0.2, 0.25) is 11.8 Å². The summed E-state index contributed by atoms with van der Waals surface area (Å²) in [7, 11) is 0. The van der Waals surface area contributed by atoms with Gasteiger partial charge in [-0.1, -0.05) is 42.5 Å². The second-order valence-corrected chi connectivity index (χ2v) is 6.41. The summed E-state index contributed by atoms with van der Waals surface area (Å²) in [6.45, 7) is 7.83. The van der Waals surface area contributed by atoms with Crippen molar-refractivity contribution in [1.29, 1.82) is 0 Å². The third kappa shape index (κ3) is 5.18. The van der Waals surface area contributed by atoms with Crippen LogP contribution in [0.3, 0.4) is 0 Å². The normalized spacial score (nSPS) is 11.7. The van der Waals surface area contributed by atoms with Crippen molar-refractivity contribution in [3.63, 3.8) is 0 Å². The standard InChI is InChI=1S/C21H26N2O2/c1-15-10-11-16(2)20(14-15)23(18(4)24)13-12-21(25)22-17(3)19-8-6-5-7-9-19/h5-11,14,17H,12-13H2,1-4H3,(H,22,25). The molecule has 4 nitrogen and oxygen atoms in total. The molecule has 1 N–H and O–H groups in total. The number of nitrogens with zero attached hydrogens (tertiary/aromatic N) is 1. The highest BCUT2D eigenvalue weighted by molar-refractivity contribution is 5.93. The lowest BCUT2D eigenvalue weighted by molar-refractivity contribution is -0.121. The lowest BCUT2D eigenvalue weighted by atomic mass is 10.1. The third-order valence-corrected chi connectivity index (χ3v) is 4.28. The molecule has 0 aliphatic heterocycles. The van der Waals surface area contributed by atoms with Crippen molar-refractivity contribution in [3.05, 3.63) is 65.2 Å². The minimum Gasteiger partial charge on any atom is -0.350 e. The highest BCUT2D eigenvalue weighted by atomic mass is 16.2. The fourth-order valence-corrected chi connectivity index (χ4v) is 2.81. The van der Waals surface area contributed by atoms with E-state index in [4.69, 9.17) is 0 Å². The first-order chi connectivity index (χ1) is 11.9. The van der Waals surface area contributed by atoms with Gasteiger partial charge >= 0.3 is 0 Å². The van der Waals surface area contributed by atoms with Crippen molar-refractivity contribution < 1.29 is 9.59 Å². The molecule has 2 rings (SSSR count). The van der Waals surface area contributed by atoms with E-state index in [0.717, 1.165) is 22.4 Å². The number of carbonyl (C=O) groups excluding carboxylic acids is 2. The molecule has 0 spiro atoms. The second-order valence-electron chi connectivity index (χ2n) is 6.41. The van der Waals surface area contributed by atoms with Gasteiger partial charge in [0, 0.05) is 25.6 Å². The van der Waals surface area contributed by atoms with E-state index in [-0.39, 0.29) is 24.3 Å². The number of hydrogen-bond acceptors (Lipinski definition) is 2. The smallest absolute Gasteiger partial charge is 0.223 e. The molecule has 0 aromatic heterocycles. The van der Waals surface area contributed by atoms with Crippen LogP contribution in [0.4, 0.5) is 5.69 Å². The SMILES string of the molecule is CC(=O)N(CCC(=O)NC(C)c1ccccc1)c1cc(C)ccc1C. The Morgan fingerprint density at radius 2 is 1.76 bits per heavy atom. The van der Waals surface area contributed by atoms with Gasteiger partial charge in [-0.15, -0.1) is 0 Å². The quantitative estimate of drug-likeness (QED) is 0.868. The first-order valence-corrected chi connectivity index (χ1v) is 8.58. The van der Waals surface area contributed by atoms with E-state index in [1.807, 2.05) is 69.3 Å². The van der Waals surface area contributed by atoms with Gasteiger partial charge in [0.05, 0.1) is 6.04 Å². The summed E-state index contributed by atoms with van der Waals surface area (Å²) in [5.41, 5.74) is 4.05. The lowest BCUT2D eigenvalue weighted by Crippen LogP contribution is -2.35. The molecule has 2 aromatic carbocycles. The zero-order valence-electron chi connectivity index (χ0n) is 15.4. The van der Waals surface area contributed by atoms with Crippen LogP contribution in [-0.2, 0) is 9.59 Å². The van der Waals surface area contributed by atoms with Crippen molar-refractivity contribution in [1.82, 2.24) is 5.32 Å². The Hall–Kier alpha value is -2.62. The number of rotatable bonds is 6. The Kier molecular flexibility index (Phi) is 6.34. The maximum absolute atomic E-state index is 12.3. The average Bonchev–Trinajstić information content (AvgIpc) is 2.58. The van der Waals surface area contributed by atoms with Crippen LogP contribution in [0, 0.1) is 13.8 Å². The van der Waals surface area contributed by atoms with Gasteiger partial charge in [-0.3, -0.25) is 9.59 Å². The largest absolute Gasteiger partial charge is 0.350 e. The molecule has 2 aromatic rings. The zero-order chi connectivity index (χ0) is 18.4. The fourth-order valence-electron chi connectivity index (χ4n) is 2.81. The molecule has 0 aliphatic carbocycles. The Balaban J connectivity index is 2.00. The van der Waals surface area contributed by atoms with Crippen molar-refractivity contribution in [2.75, 3.05) is 11.4 Å². The van der Waals surface area contributed by atoms with Crippen LogP contribution in [0.25, 0.3) is 0 Å². The van der Waals surface area contributed by atoms with Gasteiger partial charge in [0.1, 0.15) is 0 Å².